The molecule has 0 bridgehead atoms. The van der Waals surface area contributed by atoms with Crippen molar-refractivity contribution in [3.8, 4) is 0 Å². The van der Waals surface area contributed by atoms with Gasteiger partial charge in [-0.3, -0.25) is 0 Å². The highest BCUT2D eigenvalue weighted by Gasteiger charge is 2.24. The fraction of sp³-hybridized carbons (Fsp3) is 0.727. The topological polar surface area (TPSA) is 62.3 Å². The van der Waals surface area contributed by atoms with E-state index in [1.165, 1.54) is 4.31 Å². The molecular weight excluding hydrogens is 270 g/mol. The molecule has 0 unspecified atom stereocenters. The smallest absolute Gasteiger partial charge is 0.245 e. The van der Waals surface area contributed by atoms with E-state index >= 15 is 0 Å². The van der Waals surface area contributed by atoms with Gasteiger partial charge in [0.15, 0.2) is 0 Å². The highest BCUT2D eigenvalue weighted by Crippen LogP contribution is 2.14. The van der Waals surface area contributed by atoms with Crippen LogP contribution < -0.4 is 4.72 Å². The second kappa shape index (κ2) is 6.10. The molecule has 0 aliphatic carbocycles. The quantitative estimate of drug-likeness (QED) is 0.864. The third-order valence-electron chi connectivity index (χ3n) is 2.90. The summed E-state index contributed by atoms with van der Waals surface area (Å²) >= 11 is 1.60. The molecule has 18 heavy (non-hydrogen) atoms. The first-order valence-electron chi connectivity index (χ1n) is 6.30. The summed E-state index contributed by atoms with van der Waals surface area (Å²) in [5, 5.41) is 3.00. The van der Waals surface area contributed by atoms with Crippen molar-refractivity contribution in [1.29, 1.82) is 0 Å². The molecule has 102 valence electrons. The maximum Gasteiger partial charge on any atom is 0.279 e. The molecule has 1 aliphatic heterocycles. The number of aromatic nitrogens is 1. The highest BCUT2D eigenvalue weighted by atomic mass is 32.2. The molecule has 1 aromatic rings. The molecule has 0 aromatic carbocycles. The Hall–Kier alpha value is -0.500. The number of nitrogens with zero attached hydrogens (tertiary/aromatic N) is 2. The normalized spacial score (nSPS) is 17.4. The van der Waals surface area contributed by atoms with Crippen LogP contribution in [0.4, 0.5) is 0 Å². The van der Waals surface area contributed by atoms with Gasteiger partial charge in [0.2, 0.25) is 0 Å². The SMILES string of the molecule is CCCc1nc(CNS(=O)(=O)N2CCCC2)cs1. The minimum Gasteiger partial charge on any atom is -0.245 e. The Morgan fingerprint density at radius 2 is 2.17 bits per heavy atom. The molecule has 1 N–H and O–H groups in total. The van der Waals surface area contributed by atoms with E-state index in [2.05, 4.69) is 16.6 Å². The van der Waals surface area contributed by atoms with Crippen LogP contribution >= 0.6 is 11.3 Å². The Kier molecular flexibility index (Phi) is 4.71. The summed E-state index contributed by atoms with van der Waals surface area (Å²) in [6.07, 6.45) is 3.94. The van der Waals surface area contributed by atoms with Crippen LogP contribution in [0.3, 0.4) is 0 Å². The second-order valence-corrected chi connectivity index (χ2v) is 7.11. The largest absolute Gasteiger partial charge is 0.279 e. The molecule has 1 saturated heterocycles. The van der Waals surface area contributed by atoms with Gasteiger partial charge in [-0.25, -0.2) is 4.98 Å². The van der Waals surface area contributed by atoms with Gasteiger partial charge in [-0.1, -0.05) is 6.92 Å². The summed E-state index contributed by atoms with van der Waals surface area (Å²) in [6, 6.07) is 0. The van der Waals surface area contributed by atoms with Gasteiger partial charge in [0.05, 0.1) is 17.2 Å². The van der Waals surface area contributed by atoms with Crippen molar-refractivity contribution in [1.82, 2.24) is 14.0 Å². The van der Waals surface area contributed by atoms with Crippen molar-refractivity contribution in [2.45, 2.75) is 39.2 Å². The molecule has 1 aromatic heterocycles. The summed E-state index contributed by atoms with van der Waals surface area (Å²) in [5.41, 5.74) is 0.811. The average molecular weight is 289 g/mol. The van der Waals surface area contributed by atoms with Crippen molar-refractivity contribution in [3.63, 3.8) is 0 Å². The summed E-state index contributed by atoms with van der Waals surface area (Å²) in [5.74, 6) is 0. The number of nitrogens with one attached hydrogen (secondary N) is 1. The van der Waals surface area contributed by atoms with Crippen molar-refractivity contribution in [2.24, 2.45) is 0 Å². The number of aryl methyl sites for hydroxylation is 1. The van der Waals surface area contributed by atoms with Crippen LogP contribution in [0, 0.1) is 0 Å². The Labute approximate surface area is 112 Å². The van der Waals surface area contributed by atoms with Gasteiger partial charge >= 0.3 is 0 Å². The molecule has 2 heterocycles. The third kappa shape index (κ3) is 3.50. The lowest BCUT2D eigenvalue weighted by Crippen LogP contribution is -2.38. The molecule has 1 aliphatic rings. The van der Waals surface area contributed by atoms with Crippen LogP contribution in [0.2, 0.25) is 0 Å². The zero-order chi connectivity index (χ0) is 13.0. The van der Waals surface area contributed by atoms with Crippen LogP contribution in [-0.4, -0.2) is 30.8 Å². The number of hydrogen-bond acceptors (Lipinski definition) is 4. The van der Waals surface area contributed by atoms with Gasteiger partial charge in [-0.15, -0.1) is 11.3 Å². The van der Waals surface area contributed by atoms with Gasteiger partial charge < -0.3 is 0 Å². The van der Waals surface area contributed by atoms with E-state index in [1.807, 2.05) is 5.38 Å². The molecule has 2 rings (SSSR count). The highest BCUT2D eigenvalue weighted by molar-refractivity contribution is 7.87. The first-order valence-corrected chi connectivity index (χ1v) is 8.62. The first kappa shape index (κ1) is 13.9. The fourth-order valence-electron chi connectivity index (χ4n) is 1.94. The predicted molar refractivity (Wildman–Crippen MR) is 72.7 cm³/mol. The second-order valence-electron chi connectivity index (χ2n) is 4.41. The molecule has 0 radical (unpaired) electrons. The molecule has 1 fully saturated rings. The first-order chi connectivity index (χ1) is 8.62. The van der Waals surface area contributed by atoms with Gasteiger partial charge in [0.1, 0.15) is 0 Å². The third-order valence-corrected chi connectivity index (χ3v) is 5.42. The van der Waals surface area contributed by atoms with Crippen molar-refractivity contribution >= 4 is 21.5 Å². The number of thiazole rings is 1. The number of hydrogen-bond donors (Lipinski definition) is 1. The molecule has 5 nitrogen and oxygen atoms in total. The van der Waals surface area contributed by atoms with E-state index in [0.717, 1.165) is 36.4 Å². The maximum absolute atomic E-state index is 11.9. The van der Waals surface area contributed by atoms with Crippen LogP contribution in [0.1, 0.15) is 36.9 Å². The Bertz CT molecular complexity index is 478. The molecule has 0 amide bonds. The Balaban J connectivity index is 1.89. The van der Waals surface area contributed by atoms with E-state index in [9.17, 15) is 8.42 Å². The zero-order valence-electron chi connectivity index (χ0n) is 10.6. The van der Waals surface area contributed by atoms with Gasteiger partial charge in [0, 0.05) is 18.5 Å². The van der Waals surface area contributed by atoms with E-state index in [-0.39, 0.29) is 0 Å². The predicted octanol–water partition coefficient (Wildman–Crippen LogP) is 1.53. The van der Waals surface area contributed by atoms with Crippen molar-refractivity contribution in [2.75, 3.05) is 13.1 Å². The standard InChI is InChI=1S/C11H19N3O2S2/c1-2-5-11-13-10(9-17-11)8-12-18(15,16)14-6-3-4-7-14/h9,12H,2-8H2,1H3. The molecule has 0 atom stereocenters. The average Bonchev–Trinajstić information content (AvgIpc) is 2.98. The van der Waals surface area contributed by atoms with E-state index in [0.29, 0.717) is 19.6 Å². The molecule has 0 saturated carbocycles. The van der Waals surface area contributed by atoms with Crippen LogP contribution in [0.25, 0.3) is 0 Å². The minimum absolute atomic E-state index is 0.291. The number of rotatable bonds is 6. The van der Waals surface area contributed by atoms with Crippen LogP contribution in [0.15, 0.2) is 5.38 Å². The van der Waals surface area contributed by atoms with Crippen molar-refractivity contribution < 1.29 is 8.42 Å². The minimum atomic E-state index is -3.31. The van der Waals surface area contributed by atoms with Crippen molar-refractivity contribution in [3.05, 3.63) is 16.1 Å². The van der Waals surface area contributed by atoms with E-state index < -0.39 is 10.2 Å². The lowest BCUT2D eigenvalue weighted by Gasteiger charge is -2.15. The summed E-state index contributed by atoms with van der Waals surface area (Å²) in [4.78, 5) is 4.40. The molecule has 0 spiro atoms. The van der Waals surface area contributed by atoms with Crippen LogP contribution in [-0.2, 0) is 23.2 Å². The van der Waals surface area contributed by atoms with Gasteiger partial charge in [-0.05, 0) is 25.7 Å². The Morgan fingerprint density at radius 1 is 1.44 bits per heavy atom. The lowest BCUT2D eigenvalue weighted by molar-refractivity contribution is 0.464. The molecular formula is C11H19N3O2S2. The zero-order valence-corrected chi connectivity index (χ0v) is 12.2. The lowest BCUT2D eigenvalue weighted by atomic mass is 10.3. The van der Waals surface area contributed by atoms with Crippen LogP contribution in [0.5, 0.6) is 0 Å². The van der Waals surface area contributed by atoms with Gasteiger partial charge in [0.25, 0.3) is 10.2 Å². The summed E-state index contributed by atoms with van der Waals surface area (Å²) < 4.78 is 28.0. The summed E-state index contributed by atoms with van der Waals surface area (Å²) in [7, 11) is -3.31. The monoisotopic (exact) mass is 289 g/mol. The van der Waals surface area contributed by atoms with E-state index in [4.69, 9.17) is 0 Å². The maximum atomic E-state index is 11.9. The van der Waals surface area contributed by atoms with Gasteiger partial charge in [-0.2, -0.15) is 17.4 Å². The summed E-state index contributed by atoms with van der Waals surface area (Å²) in [6.45, 7) is 3.66. The fourth-order valence-corrected chi connectivity index (χ4v) is 4.10. The molecule has 7 heteroatoms. The Morgan fingerprint density at radius 3 is 2.83 bits per heavy atom. The van der Waals surface area contributed by atoms with E-state index in [1.54, 1.807) is 11.3 Å².